The van der Waals surface area contributed by atoms with Crippen LogP contribution in [0.5, 0.6) is 5.75 Å². The zero-order chi connectivity index (χ0) is 18.0. The van der Waals surface area contributed by atoms with E-state index in [2.05, 4.69) is 13.9 Å². The van der Waals surface area contributed by atoms with Crippen LogP contribution in [0.3, 0.4) is 0 Å². The Morgan fingerprint density at radius 1 is 1.21 bits per heavy atom. The highest BCUT2D eigenvalue weighted by Gasteiger charge is 2.63. The third kappa shape index (κ3) is 3.84. The maximum Gasteiger partial charge on any atom is 0.327 e. The van der Waals surface area contributed by atoms with E-state index in [1.54, 1.807) is 0 Å². The first-order valence-corrected chi connectivity index (χ1v) is 10.2. The number of nitrogens with zero attached hydrogens (tertiary/aromatic N) is 1. The molecule has 1 aliphatic carbocycles. The molecule has 1 aromatic rings. The van der Waals surface area contributed by atoms with Gasteiger partial charge in [-0.15, -0.1) is 0 Å². The Labute approximate surface area is 140 Å². The summed E-state index contributed by atoms with van der Waals surface area (Å²) in [6, 6.07) is 2.60. The second-order valence-corrected chi connectivity index (χ2v) is 9.05. The number of ether oxygens (including phenoxy) is 2. The Bertz CT molecular complexity index is 810. The predicted molar refractivity (Wildman–Crippen MR) is 81.7 cm³/mol. The number of aromatic nitrogens is 1. The monoisotopic (exact) mass is 379 g/mol. The van der Waals surface area contributed by atoms with Gasteiger partial charge in [-0.1, -0.05) is 0 Å². The lowest BCUT2D eigenvalue weighted by atomic mass is 10.4. The largest absolute Gasteiger partial charge is 0.490 e. The van der Waals surface area contributed by atoms with Crippen molar-refractivity contribution in [1.29, 1.82) is 0 Å². The molecule has 0 unspecified atom stereocenters. The zero-order valence-electron chi connectivity index (χ0n) is 13.1. The van der Waals surface area contributed by atoms with Crippen LogP contribution in [0.1, 0.15) is 12.8 Å². The van der Waals surface area contributed by atoms with Crippen LogP contribution in [0.15, 0.2) is 23.4 Å². The second-order valence-electron chi connectivity index (χ2n) is 5.20. The van der Waals surface area contributed by atoms with Gasteiger partial charge in [-0.2, -0.15) is 8.42 Å². The molecule has 0 spiro atoms. The molecule has 2 rings (SSSR count). The Morgan fingerprint density at radius 2 is 1.88 bits per heavy atom. The van der Waals surface area contributed by atoms with Crippen molar-refractivity contribution >= 4 is 25.9 Å². The third-order valence-electron chi connectivity index (χ3n) is 3.41. The van der Waals surface area contributed by atoms with E-state index < -0.39 is 30.7 Å². The van der Waals surface area contributed by atoms with E-state index in [0.29, 0.717) is 0 Å². The minimum Gasteiger partial charge on any atom is -0.490 e. The molecule has 1 fully saturated rings. The number of esters is 1. The molecule has 0 bridgehead atoms. The van der Waals surface area contributed by atoms with Crippen LogP contribution in [0.25, 0.3) is 0 Å². The zero-order valence-corrected chi connectivity index (χ0v) is 14.7. The highest BCUT2D eigenvalue weighted by molar-refractivity contribution is 7.93. The molecule has 11 heteroatoms. The molecular weight excluding hydrogens is 362 g/mol. The Morgan fingerprint density at radius 3 is 2.33 bits per heavy atom. The first-order chi connectivity index (χ1) is 11.1. The van der Waals surface area contributed by atoms with E-state index in [4.69, 9.17) is 4.74 Å². The van der Waals surface area contributed by atoms with Gasteiger partial charge in [-0.25, -0.2) is 13.4 Å². The molecule has 0 saturated heterocycles. The number of methoxy groups -OCH3 is 1. The molecule has 9 nitrogen and oxygen atoms in total. The van der Waals surface area contributed by atoms with Crippen LogP contribution >= 0.6 is 0 Å². The van der Waals surface area contributed by atoms with E-state index in [1.165, 1.54) is 18.3 Å². The first-order valence-electron chi connectivity index (χ1n) is 6.89. The van der Waals surface area contributed by atoms with Crippen molar-refractivity contribution in [2.75, 3.05) is 26.6 Å². The smallest absolute Gasteiger partial charge is 0.327 e. The standard InChI is InChI=1S/C13H17NO8S2/c1-20-12(15)13(5-6-13)24(18,19)11-4-3-10(9-14-11)21-7-8-22-23(2,16)17/h3-4,9H,5-8H2,1-2H3. The van der Waals surface area contributed by atoms with E-state index in [-0.39, 0.29) is 36.8 Å². The van der Waals surface area contributed by atoms with Crippen LogP contribution in [0, 0.1) is 0 Å². The van der Waals surface area contributed by atoms with Gasteiger partial charge in [0.25, 0.3) is 10.1 Å². The van der Waals surface area contributed by atoms with Crippen molar-refractivity contribution in [2.24, 2.45) is 0 Å². The number of carbonyl (C=O) groups is 1. The van der Waals surface area contributed by atoms with E-state index >= 15 is 0 Å². The van der Waals surface area contributed by atoms with Crippen molar-refractivity contribution in [3.63, 3.8) is 0 Å². The molecule has 0 radical (unpaired) electrons. The Kier molecular flexibility index (Phi) is 5.16. The van der Waals surface area contributed by atoms with Crippen LogP contribution in [0.4, 0.5) is 0 Å². The number of hydrogen-bond donors (Lipinski definition) is 0. The molecule has 0 aliphatic heterocycles. The lowest BCUT2D eigenvalue weighted by Gasteiger charge is -2.13. The molecule has 134 valence electrons. The lowest BCUT2D eigenvalue weighted by Crippen LogP contribution is -2.34. The van der Waals surface area contributed by atoms with Gasteiger partial charge in [0.15, 0.2) is 9.77 Å². The number of pyridine rings is 1. The highest BCUT2D eigenvalue weighted by Crippen LogP contribution is 2.47. The van der Waals surface area contributed by atoms with Crippen molar-refractivity contribution in [3.05, 3.63) is 18.3 Å². The summed E-state index contributed by atoms with van der Waals surface area (Å²) in [5.74, 6) is -0.545. The molecule has 1 aliphatic rings. The van der Waals surface area contributed by atoms with Gasteiger partial charge in [0.2, 0.25) is 9.84 Å². The van der Waals surface area contributed by atoms with Gasteiger partial charge in [-0.05, 0) is 25.0 Å². The highest BCUT2D eigenvalue weighted by atomic mass is 32.2. The summed E-state index contributed by atoms with van der Waals surface area (Å²) in [5.41, 5.74) is 0. The fourth-order valence-electron chi connectivity index (χ4n) is 2.04. The first kappa shape index (κ1) is 18.6. The molecule has 24 heavy (non-hydrogen) atoms. The van der Waals surface area contributed by atoms with Gasteiger partial charge >= 0.3 is 5.97 Å². The molecule has 1 saturated carbocycles. The molecule has 0 amide bonds. The molecule has 1 aromatic heterocycles. The molecule has 0 atom stereocenters. The minimum atomic E-state index is -3.95. The van der Waals surface area contributed by atoms with E-state index in [0.717, 1.165) is 13.4 Å². The summed E-state index contributed by atoms with van der Waals surface area (Å²) < 4.78 is 59.3. The summed E-state index contributed by atoms with van der Waals surface area (Å²) >= 11 is 0. The number of hydrogen-bond acceptors (Lipinski definition) is 9. The third-order valence-corrected chi connectivity index (χ3v) is 6.40. The normalized spacial score (nSPS) is 16.4. The minimum absolute atomic E-state index is 0.0487. The quantitative estimate of drug-likeness (QED) is 0.346. The number of rotatable bonds is 8. The summed E-state index contributed by atoms with van der Waals surface area (Å²) in [5, 5.41) is -0.245. The van der Waals surface area contributed by atoms with Crippen LogP contribution in [-0.2, 0) is 33.7 Å². The fraction of sp³-hybridized carbons (Fsp3) is 0.538. The molecule has 0 aromatic carbocycles. The summed E-state index contributed by atoms with van der Waals surface area (Å²) in [4.78, 5) is 15.5. The van der Waals surface area contributed by atoms with Gasteiger partial charge in [0.05, 0.1) is 19.6 Å². The topological polar surface area (TPSA) is 126 Å². The second kappa shape index (κ2) is 6.65. The predicted octanol–water partition coefficient (Wildman–Crippen LogP) is -0.0841. The summed E-state index contributed by atoms with van der Waals surface area (Å²) in [6.45, 7) is -0.225. The Hall–Kier alpha value is -1.72. The van der Waals surface area contributed by atoms with Crippen molar-refractivity contribution in [2.45, 2.75) is 22.6 Å². The van der Waals surface area contributed by atoms with Crippen molar-refractivity contribution in [1.82, 2.24) is 4.98 Å². The lowest BCUT2D eigenvalue weighted by molar-refractivity contribution is -0.141. The van der Waals surface area contributed by atoms with Gasteiger partial charge in [0.1, 0.15) is 19.0 Å². The molecule has 0 N–H and O–H groups in total. The van der Waals surface area contributed by atoms with Crippen molar-refractivity contribution in [3.8, 4) is 5.75 Å². The van der Waals surface area contributed by atoms with Gasteiger partial charge in [0, 0.05) is 0 Å². The van der Waals surface area contributed by atoms with Gasteiger partial charge < -0.3 is 9.47 Å². The summed E-state index contributed by atoms with van der Waals surface area (Å²) in [6.07, 6.45) is 2.50. The van der Waals surface area contributed by atoms with Gasteiger partial charge in [-0.3, -0.25) is 8.98 Å². The molecular formula is C13H17NO8S2. The summed E-state index contributed by atoms with van der Waals surface area (Å²) in [7, 11) is -6.35. The fourth-order valence-corrected chi connectivity index (χ4v) is 4.19. The number of carbonyl (C=O) groups excluding carboxylic acids is 1. The van der Waals surface area contributed by atoms with Crippen LogP contribution in [-0.4, -0.2) is 59.1 Å². The average molecular weight is 379 g/mol. The van der Waals surface area contributed by atoms with E-state index in [9.17, 15) is 21.6 Å². The maximum atomic E-state index is 12.5. The maximum absolute atomic E-state index is 12.5. The van der Waals surface area contributed by atoms with Crippen LogP contribution in [0.2, 0.25) is 0 Å². The van der Waals surface area contributed by atoms with Crippen LogP contribution < -0.4 is 4.74 Å². The number of sulfone groups is 1. The SMILES string of the molecule is COC(=O)C1(S(=O)(=O)c2ccc(OCCOS(C)(=O)=O)cn2)CC1. The average Bonchev–Trinajstić information content (AvgIpc) is 3.32. The Balaban J connectivity index is 2.03. The van der Waals surface area contributed by atoms with E-state index in [1.807, 2.05) is 0 Å². The molecule has 1 heterocycles. The van der Waals surface area contributed by atoms with Crippen molar-refractivity contribution < 1.29 is 35.3 Å².